The zero-order valence-corrected chi connectivity index (χ0v) is 13.6. The van der Waals surface area contributed by atoms with E-state index in [1.54, 1.807) is 6.07 Å². The zero-order valence-electron chi connectivity index (χ0n) is 12.0. The van der Waals surface area contributed by atoms with E-state index in [1.807, 2.05) is 12.1 Å². The lowest BCUT2D eigenvalue weighted by Crippen LogP contribution is -2.29. The molecule has 0 saturated carbocycles. The van der Waals surface area contributed by atoms with Crippen molar-refractivity contribution in [1.82, 2.24) is 0 Å². The molecule has 2 rings (SSSR count). The van der Waals surface area contributed by atoms with E-state index in [4.69, 9.17) is 12.2 Å². The lowest BCUT2D eigenvalue weighted by atomic mass is 10.1. The molecule has 1 aromatic rings. The molecule has 1 heterocycles. The monoisotopic (exact) mass is 312 g/mol. The van der Waals surface area contributed by atoms with Crippen LogP contribution >= 0.6 is 12.2 Å². The summed E-state index contributed by atoms with van der Waals surface area (Å²) in [5.41, 5.74) is 2.79. The van der Waals surface area contributed by atoms with E-state index in [1.165, 1.54) is 0 Å². The third-order valence-corrected chi connectivity index (χ3v) is 4.48. The number of rotatable bonds is 5. The fourth-order valence-corrected chi connectivity index (χ4v) is 3.19. The van der Waals surface area contributed by atoms with E-state index in [9.17, 15) is 8.42 Å². The van der Waals surface area contributed by atoms with Gasteiger partial charge in [0.25, 0.3) is 0 Å². The van der Waals surface area contributed by atoms with Crippen LogP contribution in [0.15, 0.2) is 18.2 Å². The van der Waals surface area contributed by atoms with E-state index in [0.29, 0.717) is 18.0 Å². The smallest absolute Gasteiger partial charge is 0.229 e. The highest BCUT2D eigenvalue weighted by molar-refractivity contribution is 7.92. The molecule has 0 radical (unpaired) electrons. The third-order valence-electron chi connectivity index (χ3n) is 3.51. The average Bonchev–Trinajstić information content (AvgIpc) is 2.63. The van der Waals surface area contributed by atoms with Crippen molar-refractivity contribution in [2.75, 3.05) is 22.4 Å². The molecule has 0 saturated heterocycles. The summed E-state index contributed by atoms with van der Waals surface area (Å²) in [6.07, 6.45) is 2.97. The predicted octanol–water partition coefficient (Wildman–Crippen LogP) is 2.79. The molecule has 0 amide bonds. The fourth-order valence-electron chi connectivity index (χ4n) is 2.30. The van der Waals surface area contributed by atoms with Crippen LogP contribution in [-0.4, -0.2) is 26.2 Å². The molecule has 4 nitrogen and oxygen atoms in total. The van der Waals surface area contributed by atoms with Gasteiger partial charge in [-0.25, -0.2) is 8.42 Å². The molecule has 20 heavy (non-hydrogen) atoms. The van der Waals surface area contributed by atoms with E-state index in [-0.39, 0.29) is 0 Å². The second-order valence-electron chi connectivity index (χ2n) is 5.41. The fraction of sp³-hybridized carbons (Fsp3) is 0.500. The second kappa shape index (κ2) is 5.69. The van der Waals surface area contributed by atoms with Gasteiger partial charge in [0.15, 0.2) is 0 Å². The molecule has 0 unspecified atom stereocenters. The molecule has 0 spiro atoms. The van der Waals surface area contributed by atoms with Crippen LogP contribution < -0.4 is 9.62 Å². The average molecular weight is 312 g/mol. The second-order valence-corrected chi connectivity index (χ2v) is 7.63. The van der Waals surface area contributed by atoms with Crippen LogP contribution in [0.1, 0.15) is 25.8 Å². The number of thiocarbonyl (C=S) groups is 1. The van der Waals surface area contributed by atoms with Crippen LogP contribution in [0.25, 0.3) is 0 Å². The Kier molecular flexibility index (Phi) is 4.34. The highest BCUT2D eigenvalue weighted by Crippen LogP contribution is 2.33. The normalized spacial score (nSPS) is 16.1. The van der Waals surface area contributed by atoms with Crippen molar-refractivity contribution in [3.8, 4) is 0 Å². The number of sulfonamides is 1. The van der Waals surface area contributed by atoms with Gasteiger partial charge in [-0.3, -0.25) is 4.72 Å². The number of anilines is 2. The van der Waals surface area contributed by atoms with Crippen molar-refractivity contribution in [3.05, 3.63) is 23.8 Å². The molecule has 0 aliphatic carbocycles. The van der Waals surface area contributed by atoms with Crippen LogP contribution in [0.4, 0.5) is 11.4 Å². The maximum Gasteiger partial charge on any atom is 0.229 e. The van der Waals surface area contributed by atoms with Gasteiger partial charge in [-0.15, -0.1) is 0 Å². The maximum atomic E-state index is 11.3. The van der Waals surface area contributed by atoms with Crippen molar-refractivity contribution in [3.63, 3.8) is 0 Å². The van der Waals surface area contributed by atoms with E-state index in [0.717, 1.165) is 35.5 Å². The Morgan fingerprint density at radius 2 is 2.15 bits per heavy atom. The Hall–Kier alpha value is -1.14. The van der Waals surface area contributed by atoms with Gasteiger partial charge in [-0.05, 0) is 29.7 Å². The molecular weight excluding hydrogens is 292 g/mol. The highest BCUT2D eigenvalue weighted by atomic mass is 32.2. The van der Waals surface area contributed by atoms with Gasteiger partial charge in [-0.2, -0.15) is 0 Å². The van der Waals surface area contributed by atoms with Gasteiger partial charge in [0.2, 0.25) is 10.0 Å². The van der Waals surface area contributed by atoms with Gasteiger partial charge in [0.05, 0.1) is 11.2 Å². The lowest BCUT2D eigenvalue weighted by Gasteiger charge is -2.23. The molecule has 1 atom stereocenters. The largest absolute Gasteiger partial charge is 0.335 e. The van der Waals surface area contributed by atoms with Crippen LogP contribution in [0.5, 0.6) is 0 Å². The molecule has 0 fully saturated rings. The first-order valence-electron chi connectivity index (χ1n) is 6.71. The summed E-state index contributed by atoms with van der Waals surface area (Å²) in [4.78, 5) is 3.08. The quantitative estimate of drug-likeness (QED) is 0.849. The molecule has 1 aromatic carbocycles. The van der Waals surface area contributed by atoms with Crippen molar-refractivity contribution >= 4 is 38.6 Å². The Morgan fingerprint density at radius 3 is 2.75 bits per heavy atom. The lowest BCUT2D eigenvalue weighted by molar-refractivity contribution is 0.574. The number of nitrogens with one attached hydrogen (secondary N) is 1. The van der Waals surface area contributed by atoms with E-state index >= 15 is 0 Å². The van der Waals surface area contributed by atoms with Crippen molar-refractivity contribution < 1.29 is 8.42 Å². The van der Waals surface area contributed by atoms with E-state index < -0.39 is 10.0 Å². The number of nitrogens with zero attached hydrogens (tertiary/aromatic N) is 1. The number of benzene rings is 1. The van der Waals surface area contributed by atoms with Crippen LogP contribution in [0, 0.1) is 5.92 Å². The molecule has 0 bridgehead atoms. The molecule has 1 aliphatic rings. The number of hydrogen-bond donors (Lipinski definition) is 1. The van der Waals surface area contributed by atoms with Crippen molar-refractivity contribution in [2.45, 2.75) is 26.7 Å². The van der Waals surface area contributed by atoms with Crippen LogP contribution in [0.2, 0.25) is 0 Å². The minimum absolute atomic E-state index is 0.577. The number of fused-ring (bicyclic) bond motifs is 1. The summed E-state index contributed by atoms with van der Waals surface area (Å²) in [5.74, 6) is 0.577. The van der Waals surface area contributed by atoms with Crippen molar-refractivity contribution in [2.24, 2.45) is 5.92 Å². The summed E-state index contributed by atoms with van der Waals surface area (Å²) in [5, 5.41) is 0. The first-order valence-corrected chi connectivity index (χ1v) is 9.01. The minimum Gasteiger partial charge on any atom is -0.335 e. The van der Waals surface area contributed by atoms with Crippen LogP contribution in [-0.2, 0) is 16.4 Å². The summed E-state index contributed by atoms with van der Waals surface area (Å²) in [6.45, 7) is 5.30. The van der Waals surface area contributed by atoms with Crippen LogP contribution in [0.3, 0.4) is 0 Å². The first kappa shape index (κ1) is 15.3. The van der Waals surface area contributed by atoms with Gasteiger partial charge < -0.3 is 4.90 Å². The zero-order chi connectivity index (χ0) is 14.9. The van der Waals surface area contributed by atoms with Gasteiger partial charge in [-0.1, -0.05) is 32.5 Å². The third kappa shape index (κ3) is 3.49. The van der Waals surface area contributed by atoms with Gasteiger partial charge in [0, 0.05) is 24.3 Å². The minimum atomic E-state index is -3.24. The number of hydrogen-bond acceptors (Lipinski definition) is 3. The van der Waals surface area contributed by atoms with Crippen molar-refractivity contribution in [1.29, 1.82) is 0 Å². The van der Waals surface area contributed by atoms with Gasteiger partial charge >= 0.3 is 0 Å². The Labute approximate surface area is 126 Å². The maximum absolute atomic E-state index is 11.3. The Morgan fingerprint density at radius 1 is 1.45 bits per heavy atom. The highest BCUT2D eigenvalue weighted by Gasteiger charge is 2.25. The Balaban J connectivity index is 2.25. The summed E-state index contributed by atoms with van der Waals surface area (Å²) in [6, 6.07) is 5.61. The van der Waals surface area contributed by atoms with E-state index in [2.05, 4.69) is 23.5 Å². The summed E-state index contributed by atoms with van der Waals surface area (Å²) < 4.78 is 25.0. The first-order chi connectivity index (χ1) is 9.30. The SMILES string of the molecule is CC[C@@H](C)CN1C(=S)Cc2cc(NS(C)(=O)=O)ccc21. The van der Waals surface area contributed by atoms with Gasteiger partial charge in [0.1, 0.15) is 0 Å². The molecule has 6 heteroatoms. The molecule has 1 N–H and O–H groups in total. The summed E-state index contributed by atoms with van der Waals surface area (Å²) in [7, 11) is -3.24. The predicted molar refractivity (Wildman–Crippen MR) is 88.0 cm³/mol. The standard InChI is InChI=1S/C14H20N2O2S2/c1-4-10(2)9-16-13-6-5-12(15-20(3,17)18)7-11(13)8-14(16)19/h5-7,10,15H,4,8-9H2,1-3H3/t10-/m1/s1. The molecular formula is C14H20N2O2S2. The molecule has 0 aromatic heterocycles. The molecule has 1 aliphatic heterocycles. The summed E-state index contributed by atoms with van der Waals surface area (Å²) >= 11 is 5.45. The Bertz CT molecular complexity index is 626. The topological polar surface area (TPSA) is 49.4 Å². The molecule has 110 valence electrons.